The molecule has 0 radical (unpaired) electrons. The van der Waals surface area contributed by atoms with Gasteiger partial charge in [0.15, 0.2) is 0 Å². The van der Waals surface area contributed by atoms with Crippen molar-refractivity contribution in [2.24, 2.45) is 0 Å². The lowest BCUT2D eigenvalue weighted by Crippen LogP contribution is -2.34. The number of nitrogens with one attached hydrogen (secondary N) is 1. The van der Waals surface area contributed by atoms with Crippen LogP contribution in [-0.4, -0.2) is 28.4 Å². The third-order valence-corrected chi connectivity index (χ3v) is 3.35. The standard InChI is InChI=1S/C11H15NO3S/c1-9(16(2)14)8-12-11(13)15-10-6-4-3-5-7-10/h3-7,9H,8H2,1-2H3,(H,12,13). The normalized spacial score (nSPS) is 13.9. The average molecular weight is 241 g/mol. The lowest BCUT2D eigenvalue weighted by Gasteiger charge is -2.10. The van der Waals surface area contributed by atoms with Crippen molar-refractivity contribution < 1.29 is 13.7 Å². The van der Waals surface area contributed by atoms with Crippen LogP contribution < -0.4 is 10.1 Å². The van der Waals surface area contributed by atoms with Gasteiger partial charge in [-0.25, -0.2) is 4.79 Å². The predicted molar refractivity (Wildman–Crippen MR) is 64.0 cm³/mol. The topological polar surface area (TPSA) is 55.4 Å². The van der Waals surface area contributed by atoms with Crippen LogP contribution in [0.5, 0.6) is 5.75 Å². The Hall–Kier alpha value is -1.36. The molecule has 1 amide bonds. The maximum Gasteiger partial charge on any atom is 0.412 e. The van der Waals surface area contributed by atoms with Crippen LogP contribution in [-0.2, 0) is 10.8 Å². The molecule has 5 heteroatoms. The molecule has 0 aliphatic rings. The highest BCUT2D eigenvalue weighted by molar-refractivity contribution is 7.84. The van der Waals surface area contributed by atoms with Gasteiger partial charge in [0.1, 0.15) is 5.75 Å². The zero-order valence-electron chi connectivity index (χ0n) is 9.30. The van der Waals surface area contributed by atoms with Crippen LogP contribution in [0.25, 0.3) is 0 Å². The third kappa shape index (κ3) is 4.44. The van der Waals surface area contributed by atoms with Gasteiger partial charge >= 0.3 is 6.09 Å². The van der Waals surface area contributed by atoms with Gasteiger partial charge < -0.3 is 10.1 Å². The Kier molecular flexibility index (Phi) is 4.98. The first-order chi connectivity index (χ1) is 7.59. The molecule has 2 unspecified atom stereocenters. The van der Waals surface area contributed by atoms with Crippen molar-refractivity contribution in [3.8, 4) is 5.75 Å². The fourth-order valence-electron chi connectivity index (χ4n) is 0.976. The smallest absolute Gasteiger partial charge is 0.410 e. The minimum Gasteiger partial charge on any atom is -0.410 e. The van der Waals surface area contributed by atoms with Crippen LogP contribution in [0.4, 0.5) is 4.79 Å². The van der Waals surface area contributed by atoms with Gasteiger partial charge in [-0.2, -0.15) is 0 Å². The highest BCUT2D eigenvalue weighted by atomic mass is 32.2. The molecule has 1 aromatic rings. The molecule has 0 saturated carbocycles. The maximum atomic E-state index is 11.3. The van der Waals surface area contributed by atoms with E-state index in [4.69, 9.17) is 4.74 Å². The third-order valence-electron chi connectivity index (χ3n) is 2.05. The number of benzene rings is 1. The summed E-state index contributed by atoms with van der Waals surface area (Å²) >= 11 is 0. The van der Waals surface area contributed by atoms with E-state index < -0.39 is 16.9 Å². The SMILES string of the molecule is CC(CNC(=O)Oc1ccccc1)S(C)=O. The van der Waals surface area contributed by atoms with Crippen molar-refractivity contribution in [3.63, 3.8) is 0 Å². The van der Waals surface area contributed by atoms with E-state index in [1.807, 2.05) is 6.07 Å². The van der Waals surface area contributed by atoms with Gasteiger partial charge in [0.2, 0.25) is 0 Å². The van der Waals surface area contributed by atoms with Crippen LogP contribution in [0.2, 0.25) is 0 Å². The van der Waals surface area contributed by atoms with Crippen molar-refractivity contribution in [2.75, 3.05) is 12.8 Å². The molecule has 0 spiro atoms. The Bertz CT molecular complexity index is 367. The molecule has 2 atom stereocenters. The molecule has 88 valence electrons. The zero-order chi connectivity index (χ0) is 12.0. The second kappa shape index (κ2) is 6.27. The van der Waals surface area contributed by atoms with E-state index >= 15 is 0 Å². The summed E-state index contributed by atoms with van der Waals surface area (Å²) in [5, 5.41) is 2.48. The van der Waals surface area contributed by atoms with Gasteiger partial charge in [0.25, 0.3) is 0 Å². The van der Waals surface area contributed by atoms with Crippen LogP contribution in [0.15, 0.2) is 30.3 Å². The van der Waals surface area contributed by atoms with Crippen LogP contribution in [0.1, 0.15) is 6.92 Å². The van der Waals surface area contributed by atoms with Gasteiger partial charge in [-0.05, 0) is 19.1 Å². The molecular weight excluding hydrogens is 226 g/mol. The zero-order valence-corrected chi connectivity index (χ0v) is 10.1. The number of amides is 1. The monoisotopic (exact) mass is 241 g/mol. The Morgan fingerprint density at radius 3 is 2.62 bits per heavy atom. The molecule has 0 fully saturated rings. The van der Waals surface area contributed by atoms with E-state index in [0.717, 1.165) is 0 Å². The second-order valence-electron chi connectivity index (χ2n) is 3.39. The largest absolute Gasteiger partial charge is 0.412 e. The van der Waals surface area contributed by atoms with E-state index in [-0.39, 0.29) is 5.25 Å². The Morgan fingerprint density at radius 1 is 1.44 bits per heavy atom. The quantitative estimate of drug-likeness (QED) is 0.870. The molecule has 0 bridgehead atoms. The minimum absolute atomic E-state index is 0.0803. The molecule has 1 aromatic carbocycles. The maximum absolute atomic E-state index is 11.3. The van der Waals surface area contributed by atoms with Gasteiger partial charge in [0.05, 0.1) is 0 Å². The Labute approximate surface area is 97.5 Å². The number of hydrogen-bond donors (Lipinski definition) is 1. The summed E-state index contributed by atoms with van der Waals surface area (Å²) in [6, 6.07) is 8.80. The lowest BCUT2D eigenvalue weighted by atomic mass is 10.3. The highest BCUT2D eigenvalue weighted by Gasteiger charge is 2.09. The molecule has 0 heterocycles. The summed E-state index contributed by atoms with van der Waals surface area (Å²) in [4.78, 5) is 11.3. The molecule has 0 aliphatic heterocycles. The van der Waals surface area contributed by atoms with Crippen molar-refractivity contribution >= 4 is 16.9 Å². The number of carbonyl (C=O) groups excluding carboxylic acids is 1. The molecule has 16 heavy (non-hydrogen) atoms. The minimum atomic E-state index is -0.943. The molecule has 0 saturated heterocycles. The Morgan fingerprint density at radius 2 is 2.06 bits per heavy atom. The van der Waals surface area contributed by atoms with E-state index in [1.54, 1.807) is 37.4 Å². The molecule has 0 aromatic heterocycles. The Balaban J connectivity index is 2.35. The first-order valence-corrected chi connectivity index (χ1v) is 6.54. The summed E-state index contributed by atoms with van der Waals surface area (Å²) in [6.07, 6.45) is 1.08. The van der Waals surface area contributed by atoms with Crippen LogP contribution >= 0.6 is 0 Å². The number of para-hydroxylation sites is 1. The van der Waals surface area contributed by atoms with Crippen molar-refractivity contribution in [2.45, 2.75) is 12.2 Å². The lowest BCUT2D eigenvalue weighted by molar-refractivity contribution is 0.200. The number of carbonyl (C=O) groups is 1. The number of ether oxygens (including phenoxy) is 1. The van der Waals surface area contributed by atoms with Crippen LogP contribution in [0.3, 0.4) is 0 Å². The van der Waals surface area contributed by atoms with E-state index in [1.165, 1.54) is 0 Å². The van der Waals surface area contributed by atoms with Crippen molar-refractivity contribution in [1.29, 1.82) is 0 Å². The first-order valence-electron chi connectivity index (χ1n) is 4.92. The molecule has 1 N–H and O–H groups in total. The molecule has 0 aliphatic carbocycles. The second-order valence-corrected chi connectivity index (χ2v) is 5.19. The summed E-state index contributed by atoms with van der Waals surface area (Å²) in [5.74, 6) is 0.491. The molecule has 4 nitrogen and oxygen atoms in total. The summed E-state index contributed by atoms with van der Waals surface area (Å²) < 4.78 is 16.0. The fourth-order valence-corrected chi connectivity index (χ4v) is 1.29. The van der Waals surface area contributed by atoms with Gasteiger partial charge in [-0.15, -0.1) is 0 Å². The number of hydrogen-bond acceptors (Lipinski definition) is 3. The van der Waals surface area contributed by atoms with Gasteiger partial charge in [-0.3, -0.25) is 4.21 Å². The predicted octanol–water partition coefficient (Wildman–Crippen LogP) is 1.54. The van der Waals surface area contributed by atoms with Crippen molar-refractivity contribution in [3.05, 3.63) is 30.3 Å². The highest BCUT2D eigenvalue weighted by Crippen LogP contribution is 2.07. The van der Waals surface area contributed by atoms with E-state index in [0.29, 0.717) is 12.3 Å². The molecular formula is C11H15NO3S. The van der Waals surface area contributed by atoms with Gasteiger partial charge in [0, 0.05) is 28.9 Å². The summed E-state index contributed by atoms with van der Waals surface area (Å²) in [6.45, 7) is 2.15. The van der Waals surface area contributed by atoms with E-state index in [2.05, 4.69) is 5.32 Å². The molecule has 1 rings (SSSR count). The van der Waals surface area contributed by atoms with E-state index in [9.17, 15) is 9.00 Å². The first kappa shape index (κ1) is 12.7. The number of rotatable bonds is 4. The average Bonchev–Trinajstić information content (AvgIpc) is 2.27. The van der Waals surface area contributed by atoms with Crippen LogP contribution in [0, 0.1) is 0 Å². The van der Waals surface area contributed by atoms with Crippen molar-refractivity contribution in [1.82, 2.24) is 5.32 Å². The fraction of sp³-hybridized carbons (Fsp3) is 0.364. The van der Waals surface area contributed by atoms with Gasteiger partial charge in [-0.1, -0.05) is 18.2 Å². The summed E-state index contributed by atoms with van der Waals surface area (Å²) in [7, 11) is -0.943. The summed E-state index contributed by atoms with van der Waals surface area (Å²) in [5.41, 5.74) is 0.